The molecule has 13 heavy (non-hydrogen) atoms. The van der Waals surface area contributed by atoms with Gasteiger partial charge in [0.1, 0.15) is 0 Å². The lowest BCUT2D eigenvalue weighted by Gasteiger charge is -2.16. The topological polar surface area (TPSA) is 30.5 Å². The van der Waals surface area contributed by atoms with Crippen molar-refractivity contribution in [2.24, 2.45) is 0 Å². The smallest absolute Gasteiger partial charge is 0.0704 e. The van der Waals surface area contributed by atoms with Crippen molar-refractivity contribution in [3.05, 3.63) is 0 Å². The second kappa shape index (κ2) is 9.96. The Hall–Kier alpha value is -0.120. The molecule has 0 aromatic heterocycles. The van der Waals surface area contributed by atoms with Gasteiger partial charge in [0.15, 0.2) is 0 Å². The standard InChI is InChI=1S/C10H23NO2/c1-4-5-10(6-7-11-2)13-9-8-12-3/h10-11H,4-9H2,1-3H3. The van der Waals surface area contributed by atoms with Gasteiger partial charge in [-0.3, -0.25) is 0 Å². The van der Waals surface area contributed by atoms with Gasteiger partial charge in [-0.1, -0.05) is 13.3 Å². The van der Waals surface area contributed by atoms with E-state index in [1.807, 2.05) is 7.05 Å². The van der Waals surface area contributed by atoms with Crippen LogP contribution in [0.1, 0.15) is 26.2 Å². The first-order valence-electron chi connectivity index (χ1n) is 5.10. The van der Waals surface area contributed by atoms with Gasteiger partial charge in [0.05, 0.1) is 19.3 Å². The summed E-state index contributed by atoms with van der Waals surface area (Å²) in [7, 11) is 3.67. The van der Waals surface area contributed by atoms with E-state index in [9.17, 15) is 0 Å². The van der Waals surface area contributed by atoms with Gasteiger partial charge in [0.2, 0.25) is 0 Å². The maximum absolute atomic E-state index is 5.66. The van der Waals surface area contributed by atoms with Crippen molar-refractivity contribution in [2.75, 3.05) is 33.9 Å². The molecule has 0 bridgehead atoms. The van der Waals surface area contributed by atoms with Crippen LogP contribution in [0.25, 0.3) is 0 Å². The Kier molecular flexibility index (Phi) is 9.87. The summed E-state index contributed by atoms with van der Waals surface area (Å²) < 4.78 is 10.6. The summed E-state index contributed by atoms with van der Waals surface area (Å²) >= 11 is 0. The first-order chi connectivity index (χ1) is 6.35. The highest BCUT2D eigenvalue weighted by molar-refractivity contribution is 4.58. The SMILES string of the molecule is CCCC(CCNC)OCCOC. The zero-order valence-electron chi connectivity index (χ0n) is 9.14. The lowest BCUT2D eigenvalue weighted by molar-refractivity contribution is 0.00934. The molecule has 1 unspecified atom stereocenters. The Morgan fingerprint density at radius 1 is 1.23 bits per heavy atom. The average Bonchev–Trinajstić information content (AvgIpc) is 2.14. The molecule has 3 nitrogen and oxygen atoms in total. The Labute approximate surface area is 81.8 Å². The van der Waals surface area contributed by atoms with Crippen LogP contribution in [0, 0.1) is 0 Å². The van der Waals surface area contributed by atoms with Crippen molar-refractivity contribution in [3.63, 3.8) is 0 Å². The molecule has 0 heterocycles. The summed E-state index contributed by atoms with van der Waals surface area (Å²) in [6.07, 6.45) is 3.81. The third-order valence-electron chi connectivity index (χ3n) is 1.97. The van der Waals surface area contributed by atoms with Gasteiger partial charge < -0.3 is 14.8 Å². The van der Waals surface area contributed by atoms with Crippen LogP contribution in [-0.4, -0.2) is 40.0 Å². The highest BCUT2D eigenvalue weighted by Gasteiger charge is 2.06. The molecule has 0 rings (SSSR count). The first-order valence-corrected chi connectivity index (χ1v) is 5.10. The number of hydrogen-bond acceptors (Lipinski definition) is 3. The van der Waals surface area contributed by atoms with Crippen LogP contribution in [0.3, 0.4) is 0 Å². The predicted molar refractivity (Wildman–Crippen MR) is 55.1 cm³/mol. The Morgan fingerprint density at radius 3 is 2.54 bits per heavy atom. The summed E-state index contributed by atoms with van der Waals surface area (Å²) in [6.45, 7) is 4.62. The van der Waals surface area contributed by atoms with Crippen molar-refractivity contribution < 1.29 is 9.47 Å². The molecule has 1 N–H and O–H groups in total. The normalized spacial score (nSPS) is 13.2. The van der Waals surface area contributed by atoms with E-state index in [0.717, 1.165) is 19.4 Å². The summed E-state index contributed by atoms with van der Waals surface area (Å²) in [6, 6.07) is 0. The van der Waals surface area contributed by atoms with E-state index in [1.54, 1.807) is 7.11 Å². The molecule has 0 spiro atoms. The third kappa shape index (κ3) is 8.22. The first kappa shape index (κ1) is 12.9. The van der Waals surface area contributed by atoms with Crippen LogP contribution in [0.15, 0.2) is 0 Å². The average molecular weight is 189 g/mol. The lowest BCUT2D eigenvalue weighted by atomic mass is 10.1. The molecule has 0 fully saturated rings. The molecule has 0 aliphatic carbocycles. The molecule has 0 aliphatic rings. The fourth-order valence-corrected chi connectivity index (χ4v) is 1.24. The molecule has 0 saturated heterocycles. The zero-order chi connectivity index (χ0) is 9.94. The number of nitrogens with one attached hydrogen (secondary N) is 1. The second-order valence-electron chi connectivity index (χ2n) is 3.17. The molecule has 0 amide bonds. The molecule has 0 aromatic rings. The van der Waals surface area contributed by atoms with Gasteiger partial charge in [0, 0.05) is 7.11 Å². The van der Waals surface area contributed by atoms with Crippen molar-refractivity contribution in [3.8, 4) is 0 Å². The van der Waals surface area contributed by atoms with E-state index in [1.165, 1.54) is 6.42 Å². The van der Waals surface area contributed by atoms with Crippen LogP contribution in [0.4, 0.5) is 0 Å². The quantitative estimate of drug-likeness (QED) is 0.557. The molecule has 0 aromatic carbocycles. The summed E-state index contributed by atoms with van der Waals surface area (Å²) in [5.41, 5.74) is 0. The fraction of sp³-hybridized carbons (Fsp3) is 1.00. The number of methoxy groups -OCH3 is 1. The second-order valence-corrected chi connectivity index (χ2v) is 3.17. The van der Waals surface area contributed by atoms with Crippen LogP contribution in [-0.2, 0) is 9.47 Å². The van der Waals surface area contributed by atoms with Crippen LogP contribution in [0.2, 0.25) is 0 Å². The van der Waals surface area contributed by atoms with Crippen LogP contribution in [0.5, 0.6) is 0 Å². The summed E-state index contributed by atoms with van der Waals surface area (Å²) in [4.78, 5) is 0. The zero-order valence-corrected chi connectivity index (χ0v) is 9.14. The minimum Gasteiger partial charge on any atom is -0.382 e. The molecular formula is C10H23NO2. The molecule has 3 heteroatoms. The minimum atomic E-state index is 0.396. The largest absolute Gasteiger partial charge is 0.382 e. The van der Waals surface area contributed by atoms with Crippen molar-refractivity contribution in [2.45, 2.75) is 32.3 Å². The van der Waals surface area contributed by atoms with Crippen molar-refractivity contribution in [1.82, 2.24) is 5.32 Å². The molecular weight excluding hydrogens is 166 g/mol. The van der Waals surface area contributed by atoms with Crippen molar-refractivity contribution in [1.29, 1.82) is 0 Å². The number of rotatable bonds is 9. The molecule has 1 atom stereocenters. The van der Waals surface area contributed by atoms with Gasteiger partial charge in [-0.05, 0) is 26.4 Å². The van der Waals surface area contributed by atoms with Gasteiger partial charge in [-0.15, -0.1) is 0 Å². The van der Waals surface area contributed by atoms with E-state index < -0.39 is 0 Å². The molecule has 0 aliphatic heterocycles. The summed E-state index contributed by atoms with van der Waals surface area (Å²) in [5.74, 6) is 0. The maximum Gasteiger partial charge on any atom is 0.0704 e. The van der Waals surface area contributed by atoms with Crippen LogP contribution >= 0.6 is 0 Å². The van der Waals surface area contributed by atoms with E-state index in [-0.39, 0.29) is 0 Å². The van der Waals surface area contributed by atoms with Crippen molar-refractivity contribution >= 4 is 0 Å². The highest BCUT2D eigenvalue weighted by atomic mass is 16.5. The van der Waals surface area contributed by atoms with E-state index in [4.69, 9.17) is 9.47 Å². The summed E-state index contributed by atoms with van der Waals surface area (Å²) in [5, 5.41) is 3.14. The monoisotopic (exact) mass is 189 g/mol. The predicted octanol–water partition coefficient (Wildman–Crippen LogP) is 1.43. The third-order valence-corrected chi connectivity index (χ3v) is 1.97. The minimum absolute atomic E-state index is 0.396. The fourth-order valence-electron chi connectivity index (χ4n) is 1.24. The molecule has 80 valence electrons. The molecule has 0 radical (unpaired) electrons. The molecule has 0 saturated carbocycles. The Bertz CT molecular complexity index is 98.9. The van der Waals surface area contributed by atoms with Gasteiger partial charge in [0.25, 0.3) is 0 Å². The van der Waals surface area contributed by atoms with E-state index in [2.05, 4.69) is 12.2 Å². The number of hydrogen-bond donors (Lipinski definition) is 1. The van der Waals surface area contributed by atoms with Gasteiger partial charge >= 0.3 is 0 Å². The lowest BCUT2D eigenvalue weighted by Crippen LogP contribution is -2.21. The number of ether oxygens (including phenoxy) is 2. The maximum atomic E-state index is 5.66. The van der Waals surface area contributed by atoms with Crippen LogP contribution < -0.4 is 5.32 Å². The van der Waals surface area contributed by atoms with E-state index >= 15 is 0 Å². The Morgan fingerprint density at radius 2 is 2.00 bits per heavy atom. The van der Waals surface area contributed by atoms with Gasteiger partial charge in [-0.25, -0.2) is 0 Å². The Balaban J connectivity index is 3.41. The van der Waals surface area contributed by atoms with Gasteiger partial charge in [-0.2, -0.15) is 0 Å². The van der Waals surface area contributed by atoms with E-state index in [0.29, 0.717) is 19.3 Å². The highest BCUT2D eigenvalue weighted by Crippen LogP contribution is 2.05.